The first-order valence-corrected chi connectivity index (χ1v) is 8.36. The lowest BCUT2D eigenvalue weighted by molar-refractivity contribution is -0.385. The van der Waals surface area contributed by atoms with Crippen LogP contribution in [0.2, 0.25) is 0 Å². The van der Waals surface area contributed by atoms with Crippen molar-refractivity contribution in [2.45, 2.75) is 6.92 Å². The van der Waals surface area contributed by atoms with E-state index in [9.17, 15) is 10.1 Å². The first kappa shape index (κ1) is 18.9. The van der Waals surface area contributed by atoms with Crippen molar-refractivity contribution in [1.29, 1.82) is 0 Å². The third kappa shape index (κ3) is 4.09. The number of nitrogens with zero attached hydrogens (tertiary/aromatic N) is 3. The number of para-hydroxylation sites is 2. The average molecular weight is 381 g/mol. The molecule has 0 aliphatic heterocycles. The molecular formula is C19H19N5O4. The number of nitrogens with one attached hydrogen (secondary N) is 2. The Balaban J connectivity index is 1.98. The maximum atomic E-state index is 11.5. The molecule has 0 unspecified atom stereocenters. The molecule has 0 saturated heterocycles. The maximum Gasteiger partial charge on any atom is 0.332 e. The predicted molar refractivity (Wildman–Crippen MR) is 106 cm³/mol. The Labute approximate surface area is 161 Å². The molecule has 0 bridgehead atoms. The topological polar surface area (TPSA) is 111 Å². The summed E-state index contributed by atoms with van der Waals surface area (Å²) in [4.78, 5) is 19.6. The molecule has 0 aliphatic carbocycles. The number of aryl methyl sites for hydroxylation is 1. The Hall–Kier alpha value is -3.88. The van der Waals surface area contributed by atoms with Crippen LogP contribution in [0.3, 0.4) is 0 Å². The van der Waals surface area contributed by atoms with E-state index in [2.05, 4.69) is 20.6 Å². The molecule has 0 radical (unpaired) electrons. The highest BCUT2D eigenvalue weighted by Gasteiger charge is 2.23. The lowest BCUT2D eigenvalue weighted by Gasteiger charge is -2.13. The van der Waals surface area contributed by atoms with Gasteiger partial charge in [-0.15, -0.1) is 0 Å². The van der Waals surface area contributed by atoms with Crippen LogP contribution in [0.5, 0.6) is 11.5 Å². The van der Waals surface area contributed by atoms with Crippen molar-refractivity contribution in [2.75, 3.05) is 24.9 Å². The zero-order chi connectivity index (χ0) is 20.1. The van der Waals surface area contributed by atoms with E-state index < -0.39 is 4.92 Å². The molecule has 2 N–H and O–H groups in total. The highest BCUT2D eigenvalue weighted by atomic mass is 16.6. The number of benzene rings is 2. The molecule has 0 fully saturated rings. The van der Waals surface area contributed by atoms with Crippen LogP contribution >= 0.6 is 0 Å². The number of hydrogen-bond donors (Lipinski definition) is 2. The first-order chi connectivity index (χ1) is 13.5. The molecular weight excluding hydrogens is 362 g/mol. The molecule has 28 heavy (non-hydrogen) atoms. The minimum absolute atomic E-state index is 0.0676. The zero-order valence-corrected chi connectivity index (χ0v) is 15.6. The summed E-state index contributed by atoms with van der Waals surface area (Å²) in [5.41, 5.74) is 1.30. The Morgan fingerprint density at radius 1 is 0.964 bits per heavy atom. The van der Waals surface area contributed by atoms with Gasteiger partial charge in [-0.05, 0) is 43.3 Å². The standard InChI is InChI=1S/C19H19N5O4/c1-12-17(24(25)26)18(22-15-6-4-5-7-16(15)28-3)23-19(20-12)21-13-8-10-14(27-2)11-9-13/h4-11H,1-3H3,(H2,20,21,22,23). The fourth-order valence-corrected chi connectivity index (χ4v) is 2.61. The van der Waals surface area contributed by atoms with E-state index in [1.807, 2.05) is 0 Å². The minimum Gasteiger partial charge on any atom is -0.497 e. The summed E-state index contributed by atoms with van der Waals surface area (Å²) in [6, 6.07) is 14.3. The number of methoxy groups -OCH3 is 2. The van der Waals surface area contributed by atoms with Crippen LogP contribution in [0, 0.1) is 17.0 Å². The molecule has 1 aromatic heterocycles. The van der Waals surface area contributed by atoms with Crippen LogP contribution in [-0.4, -0.2) is 29.1 Å². The van der Waals surface area contributed by atoms with Crippen LogP contribution in [-0.2, 0) is 0 Å². The van der Waals surface area contributed by atoms with E-state index in [-0.39, 0.29) is 23.1 Å². The van der Waals surface area contributed by atoms with Gasteiger partial charge in [-0.25, -0.2) is 4.98 Å². The van der Waals surface area contributed by atoms with E-state index in [4.69, 9.17) is 9.47 Å². The van der Waals surface area contributed by atoms with E-state index in [1.165, 1.54) is 7.11 Å². The monoisotopic (exact) mass is 381 g/mol. The molecule has 3 rings (SSSR count). The lowest BCUT2D eigenvalue weighted by atomic mass is 10.2. The molecule has 144 valence electrons. The van der Waals surface area contributed by atoms with Gasteiger partial charge in [-0.3, -0.25) is 10.1 Å². The third-order valence-corrected chi connectivity index (χ3v) is 3.95. The highest BCUT2D eigenvalue weighted by molar-refractivity contribution is 5.72. The molecule has 0 atom stereocenters. The zero-order valence-electron chi connectivity index (χ0n) is 15.6. The number of anilines is 4. The van der Waals surface area contributed by atoms with Gasteiger partial charge in [0.25, 0.3) is 0 Å². The fraction of sp³-hybridized carbons (Fsp3) is 0.158. The second-order valence-corrected chi connectivity index (χ2v) is 5.77. The van der Waals surface area contributed by atoms with E-state index in [0.29, 0.717) is 17.2 Å². The molecule has 9 nitrogen and oxygen atoms in total. The van der Waals surface area contributed by atoms with Gasteiger partial charge in [0.1, 0.15) is 17.2 Å². The molecule has 9 heteroatoms. The quantitative estimate of drug-likeness (QED) is 0.463. The number of nitro groups is 1. The molecule has 3 aromatic rings. The van der Waals surface area contributed by atoms with Gasteiger partial charge in [0, 0.05) is 5.69 Å². The van der Waals surface area contributed by atoms with Crippen molar-refractivity contribution < 1.29 is 14.4 Å². The second-order valence-electron chi connectivity index (χ2n) is 5.77. The number of aromatic nitrogens is 2. The van der Waals surface area contributed by atoms with Gasteiger partial charge in [-0.1, -0.05) is 12.1 Å². The van der Waals surface area contributed by atoms with Gasteiger partial charge in [0.05, 0.1) is 24.8 Å². The lowest BCUT2D eigenvalue weighted by Crippen LogP contribution is -2.07. The fourth-order valence-electron chi connectivity index (χ4n) is 2.61. The van der Waals surface area contributed by atoms with Gasteiger partial charge < -0.3 is 20.1 Å². The molecule has 0 saturated carbocycles. The van der Waals surface area contributed by atoms with Crippen molar-refractivity contribution in [1.82, 2.24) is 9.97 Å². The summed E-state index contributed by atoms with van der Waals surface area (Å²) < 4.78 is 10.4. The number of rotatable bonds is 7. The Morgan fingerprint density at radius 2 is 1.68 bits per heavy atom. The Kier molecular flexibility index (Phi) is 5.54. The van der Waals surface area contributed by atoms with E-state index in [0.717, 1.165) is 5.69 Å². The van der Waals surface area contributed by atoms with Crippen LogP contribution in [0.1, 0.15) is 5.69 Å². The predicted octanol–water partition coefficient (Wildman–Crippen LogP) is 4.20. The molecule has 1 heterocycles. The summed E-state index contributed by atoms with van der Waals surface area (Å²) >= 11 is 0. The smallest absolute Gasteiger partial charge is 0.332 e. The summed E-state index contributed by atoms with van der Waals surface area (Å²) in [5.74, 6) is 1.55. The summed E-state index contributed by atoms with van der Waals surface area (Å²) in [6.45, 7) is 1.56. The van der Waals surface area contributed by atoms with Crippen molar-refractivity contribution in [2.24, 2.45) is 0 Å². The van der Waals surface area contributed by atoms with Crippen LogP contribution in [0.15, 0.2) is 48.5 Å². The normalized spacial score (nSPS) is 10.2. The largest absolute Gasteiger partial charge is 0.497 e. The van der Waals surface area contributed by atoms with Crippen LogP contribution < -0.4 is 20.1 Å². The van der Waals surface area contributed by atoms with Crippen LogP contribution in [0.4, 0.5) is 28.8 Å². The van der Waals surface area contributed by atoms with Crippen LogP contribution in [0.25, 0.3) is 0 Å². The summed E-state index contributed by atoms with van der Waals surface area (Å²) in [5, 5.41) is 17.6. The molecule has 0 spiro atoms. The first-order valence-electron chi connectivity index (χ1n) is 8.36. The molecule has 2 aromatic carbocycles. The average Bonchev–Trinajstić information content (AvgIpc) is 2.68. The van der Waals surface area contributed by atoms with Crippen molar-refractivity contribution >= 4 is 28.8 Å². The third-order valence-electron chi connectivity index (χ3n) is 3.95. The van der Waals surface area contributed by atoms with E-state index in [1.54, 1.807) is 62.6 Å². The Morgan fingerprint density at radius 3 is 2.32 bits per heavy atom. The summed E-state index contributed by atoms with van der Waals surface area (Å²) in [7, 11) is 3.11. The molecule has 0 amide bonds. The van der Waals surface area contributed by atoms with E-state index >= 15 is 0 Å². The van der Waals surface area contributed by atoms with Crippen molar-refractivity contribution in [3.05, 3.63) is 64.3 Å². The SMILES string of the molecule is COc1ccc(Nc2nc(C)c([N+](=O)[O-])c(Nc3ccccc3OC)n2)cc1. The summed E-state index contributed by atoms with van der Waals surface area (Å²) in [6.07, 6.45) is 0. The maximum absolute atomic E-state index is 11.5. The van der Waals surface area contributed by atoms with Crippen molar-refractivity contribution in [3.8, 4) is 11.5 Å². The van der Waals surface area contributed by atoms with Gasteiger partial charge in [-0.2, -0.15) is 4.98 Å². The molecule has 0 aliphatic rings. The number of hydrogen-bond acceptors (Lipinski definition) is 8. The minimum atomic E-state index is -0.510. The van der Waals surface area contributed by atoms with Gasteiger partial charge in [0.15, 0.2) is 0 Å². The second kappa shape index (κ2) is 8.21. The van der Waals surface area contributed by atoms with Crippen molar-refractivity contribution in [3.63, 3.8) is 0 Å². The van der Waals surface area contributed by atoms with Gasteiger partial charge >= 0.3 is 5.69 Å². The van der Waals surface area contributed by atoms with Gasteiger partial charge in [0.2, 0.25) is 11.8 Å². The Bertz CT molecular complexity index is 992. The highest BCUT2D eigenvalue weighted by Crippen LogP contribution is 2.33. The number of ether oxygens (including phenoxy) is 2.